The quantitative estimate of drug-likeness (QED) is 0.437. The zero-order chi connectivity index (χ0) is 32.2. The van der Waals surface area contributed by atoms with E-state index in [1.54, 1.807) is 4.90 Å². The van der Waals surface area contributed by atoms with E-state index >= 15 is 0 Å². The number of urea groups is 1. The SMILES string of the molecule is Cc1cc(C[C@@H](OC(=O)N2CCC(N3CCc4ccccc4NC3=O)CC2)C(=O)N2CCC(N3CCCCC3)CC2)cc(C)c1N. The molecule has 3 saturated heterocycles. The second kappa shape index (κ2) is 14.3. The first-order valence-corrected chi connectivity index (χ1v) is 17.3. The molecule has 10 heteroatoms. The van der Waals surface area contributed by atoms with Crippen LogP contribution in [0.3, 0.4) is 0 Å². The molecule has 10 nitrogen and oxygen atoms in total. The van der Waals surface area contributed by atoms with Crippen LogP contribution in [0.5, 0.6) is 0 Å². The molecule has 6 rings (SSSR count). The van der Waals surface area contributed by atoms with Gasteiger partial charge in [0.2, 0.25) is 0 Å². The number of piperidine rings is 3. The van der Waals surface area contributed by atoms with Crippen LogP contribution in [0.1, 0.15) is 67.2 Å². The van der Waals surface area contributed by atoms with E-state index < -0.39 is 12.2 Å². The van der Waals surface area contributed by atoms with Gasteiger partial charge in [-0.05, 0) is 100 Å². The van der Waals surface area contributed by atoms with Gasteiger partial charge >= 0.3 is 12.1 Å². The second-order valence-electron chi connectivity index (χ2n) is 13.6. The van der Waals surface area contributed by atoms with Gasteiger partial charge in [0.05, 0.1) is 0 Å². The number of ether oxygens (including phenoxy) is 1. The van der Waals surface area contributed by atoms with E-state index in [0.29, 0.717) is 58.0 Å². The molecule has 0 radical (unpaired) electrons. The van der Waals surface area contributed by atoms with Gasteiger partial charge in [-0.2, -0.15) is 0 Å². The zero-order valence-corrected chi connectivity index (χ0v) is 27.5. The second-order valence-corrected chi connectivity index (χ2v) is 13.6. The largest absolute Gasteiger partial charge is 0.436 e. The third-order valence-electron chi connectivity index (χ3n) is 10.6. The first-order valence-electron chi connectivity index (χ1n) is 17.3. The lowest BCUT2D eigenvalue weighted by Crippen LogP contribution is -2.53. The van der Waals surface area contributed by atoms with Crippen LogP contribution >= 0.6 is 0 Å². The topological polar surface area (TPSA) is 111 Å². The summed E-state index contributed by atoms with van der Waals surface area (Å²) in [6, 6.07) is 12.4. The monoisotopic (exact) mass is 630 g/mol. The summed E-state index contributed by atoms with van der Waals surface area (Å²) in [5.74, 6) is -0.117. The highest BCUT2D eigenvalue weighted by molar-refractivity contribution is 5.91. The van der Waals surface area contributed by atoms with Crippen molar-refractivity contribution in [3.05, 3.63) is 58.7 Å². The number of nitrogen functional groups attached to an aromatic ring is 1. The molecule has 46 heavy (non-hydrogen) atoms. The van der Waals surface area contributed by atoms with Crippen molar-refractivity contribution < 1.29 is 19.1 Å². The molecule has 0 unspecified atom stereocenters. The maximum absolute atomic E-state index is 14.0. The van der Waals surface area contributed by atoms with Crippen molar-refractivity contribution in [3.63, 3.8) is 0 Å². The van der Waals surface area contributed by atoms with Crippen molar-refractivity contribution in [2.75, 3.05) is 56.9 Å². The Bertz CT molecular complexity index is 1390. The normalized spacial score (nSPS) is 20.9. The summed E-state index contributed by atoms with van der Waals surface area (Å²) < 4.78 is 6.09. The van der Waals surface area contributed by atoms with Gasteiger partial charge in [0.25, 0.3) is 5.91 Å². The number of nitrogens with two attached hydrogens (primary N) is 1. The highest BCUT2D eigenvalue weighted by atomic mass is 16.6. The van der Waals surface area contributed by atoms with Crippen LogP contribution in [-0.4, -0.2) is 102 Å². The fourth-order valence-corrected chi connectivity index (χ4v) is 7.81. The minimum atomic E-state index is -0.908. The van der Waals surface area contributed by atoms with Crippen molar-refractivity contribution in [1.29, 1.82) is 0 Å². The Morgan fingerprint density at radius 3 is 2.20 bits per heavy atom. The molecule has 4 amide bonds. The zero-order valence-electron chi connectivity index (χ0n) is 27.5. The molecule has 2 aromatic carbocycles. The number of benzene rings is 2. The first-order chi connectivity index (χ1) is 22.3. The number of fused-ring (bicyclic) bond motifs is 1. The fourth-order valence-electron chi connectivity index (χ4n) is 7.81. The van der Waals surface area contributed by atoms with Crippen molar-refractivity contribution in [2.45, 2.75) is 89.8 Å². The Morgan fingerprint density at radius 1 is 0.870 bits per heavy atom. The van der Waals surface area contributed by atoms with Gasteiger partial charge in [-0.25, -0.2) is 9.59 Å². The number of anilines is 2. The lowest BCUT2D eigenvalue weighted by molar-refractivity contribution is -0.142. The van der Waals surface area contributed by atoms with Crippen molar-refractivity contribution >= 4 is 29.4 Å². The molecule has 4 heterocycles. The summed E-state index contributed by atoms with van der Waals surface area (Å²) in [5, 5.41) is 3.06. The lowest BCUT2D eigenvalue weighted by atomic mass is 9.97. The third kappa shape index (κ3) is 7.27. The predicted octanol–water partition coefficient (Wildman–Crippen LogP) is 4.96. The number of likely N-dealkylation sites (tertiary alicyclic amines) is 3. The van der Waals surface area contributed by atoms with E-state index in [0.717, 1.165) is 66.0 Å². The molecule has 0 saturated carbocycles. The molecule has 2 aromatic rings. The molecule has 0 aliphatic carbocycles. The molecular weight excluding hydrogens is 580 g/mol. The average Bonchev–Trinajstić information content (AvgIpc) is 3.25. The number of amides is 4. The summed E-state index contributed by atoms with van der Waals surface area (Å²) in [7, 11) is 0. The Kier molecular flexibility index (Phi) is 10.0. The van der Waals surface area contributed by atoms with Gasteiger partial charge in [0, 0.05) is 62.6 Å². The summed E-state index contributed by atoms with van der Waals surface area (Å²) in [6.07, 6.45) is 6.79. The van der Waals surface area contributed by atoms with Gasteiger partial charge in [-0.3, -0.25) is 4.79 Å². The standard InChI is InChI=1S/C36H50N6O4/c1-25-22-27(23-26(2)33(25)37)24-32(34(43)40-17-11-29(12-18-40)39-15-6-3-7-16-39)46-36(45)41-19-13-30(14-20-41)42-21-10-28-8-4-5-9-31(28)38-35(42)44/h4-5,8-9,22-23,29-30,32H,3,6-7,10-21,24,37H2,1-2H3,(H,38,44)/t32-/m1/s1. The number of carbonyl (C=O) groups is 3. The Hall–Kier alpha value is -3.79. The summed E-state index contributed by atoms with van der Waals surface area (Å²) in [4.78, 5) is 48.8. The molecule has 0 aromatic heterocycles. The van der Waals surface area contributed by atoms with E-state index in [-0.39, 0.29) is 18.0 Å². The molecule has 3 N–H and O–H groups in total. The van der Waals surface area contributed by atoms with Crippen LogP contribution in [0.15, 0.2) is 36.4 Å². The number of hydrogen-bond donors (Lipinski definition) is 2. The molecule has 248 valence electrons. The number of carbonyl (C=O) groups excluding carboxylic acids is 3. The summed E-state index contributed by atoms with van der Waals surface area (Å²) >= 11 is 0. The van der Waals surface area contributed by atoms with Crippen LogP contribution in [0.2, 0.25) is 0 Å². The van der Waals surface area contributed by atoms with Gasteiger partial charge < -0.3 is 35.4 Å². The summed E-state index contributed by atoms with van der Waals surface area (Å²) in [6.45, 7) is 9.19. The van der Waals surface area contributed by atoms with Crippen molar-refractivity contribution in [1.82, 2.24) is 19.6 Å². The molecule has 4 aliphatic rings. The Morgan fingerprint density at radius 2 is 1.50 bits per heavy atom. The highest BCUT2D eigenvalue weighted by Crippen LogP contribution is 2.27. The van der Waals surface area contributed by atoms with Crippen LogP contribution in [-0.2, 0) is 22.4 Å². The molecule has 3 fully saturated rings. The maximum atomic E-state index is 14.0. The number of rotatable bonds is 6. The first kappa shape index (κ1) is 32.2. The van der Waals surface area contributed by atoms with Gasteiger partial charge in [0.15, 0.2) is 6.10 Å². The van der Waals surface area contributed by atoms with Crippen LogP contribution in [0, 0.1) is 13.8 Å². The minimum absolute atomic E-state index is 0.0396. The van der Waals surface area contributed by atoms with E-state index in [9.17, 15) is 14.4 Å². The van der Waals surface area contributed by atoms with Crippen LogP contribution in [0.4, 0.5) is 21.0 Å². The van der Waals surface area contributed by atoms with Crippen molar-refractivity contribution in [3.8, 4) is 0 Å². The van der Waals surface area contributed by atoms with Gasteiger partial charge in [0.1, 0.15) is 0 Å². The number of nitrogens with one attached hydrogen (secondary N) is 1. The Labute approximate surface area is 273 Å². The smallest absolute Gasteiger partial charge is 0.410 e. The fraction of sp³-hybridized carbons (Fsp3) is 0.583. The molecule has 0 bridgehead atoms. The minimum Gasteiger partial charge on any atom is -0.436 e. The van der Waals surface area contributed by atoms with E-state index in [1.807, 2.05) is 54.0 Å². The van der Waals surface area contributed by atoms with Crippen LogP contribution < -0.4 is 11.1 Å². The highest BCUT2D eigenvalue weighted by Gasteiger charge is 2.36. The molecular formula is C36H50N6O4. The Balaban J connectivity index is 1.09. The molecule has 4 aliphatic heterocycles. The third-order valence-corrected chi connectivity index (χ3v) is 10.6. The molecule has 0 spiro atoms. The molecule has 1 atom stereocenters. The van der Waals surface area contributed by atoms with Crippen LogP contribution in [0.25, 0.3) is 0 Å². The number of nitrogens with zero attached hydrogens (tertiary/aromatic N) is 4. The number of hydrogen-bond acceptors (Lipinski definition) is 6. The van der Waals surface area contributed by atoms with E-state index in [4.69, 9.17) is 10.5 Å². The number of aryl methyl sites for hydroxylation is 2. The van der Waals surface area contributed by atoms with Crippen molar-refractivity contribution in [2.24, 2.45) is 0 Å². The predicted molar refractivity (Wildman–Crippen MR) is 180 cm³/mol. The maximum Gasteiger partial charge on any atom is 0.410 e. The summed E-state index contributed by atoms with van der Waals surface area (Å²) in [5.41, 5.74) is 11.8. The number of para-hydroxylation sites is 1. The average molecular weight is 631 g/mol. The van der Waals surface area contributed by atoms with E-state index in [1.165, 1.54) is 19.3 Å². The lowest BCUT2D eigenvalue weighted by Gasteiger charge is -2.41. The van der Waals surface area contributed by atoms with E-state index in [2.05, 4.69) is 16.3 Å². The van der Waals surface area contributed by atoms with Gasteiger partial charge in [-0.1, -0.05) is 36.8 Å². The van der Waals surface area contributed by atoms with Gasteiger partial charge in [-0.15, -0.1) is 0 Å².